The Morgan fingerprint density at radius 1 is 1.30 bits per heavy atom. The summed E-state index contributed by atoms with van der Waals surface area (Å²) in [5, 5.41) is 19.5. The topological polar surface area (TPSA) is 68.2 Å². The third-order valence-electron chi connectivity index (χ3n) is 3.18. The van der Waals surface area contributed by atoms with Crippen molar-refractivity contribution in [1.82, 2.24) is 24.4 Å². The molecule has 3 heterocycles. The molecule has 6 nitrogen and oxygen atoms in total. The fraction of sp³-hybridized carbons (Fsp3) is 0.308. The van der Waals surface area contributed by atoms with Crippen molar-refractivity contribution in [2.75, 3.05) is 0 Å². The number of fused-ring (bicyclic) bond motifs is 1. The van der Waals surface area contributed by atoms with Crippen LogP contribution in [0.1, 0.15) is 30.7 Å². The van der Waals surface area contributed by atoms with Gasteiger partial charge in [0.15, 0.2) is 0 Å². The van der Waals surface area contributed by atoms with Crippen LogP contribution in [0.3, 0.4) is 0 Å². The summed E-state index contributed by atoms with van der Waals surface area (Å²) in [6.07, 6.45) is 8.26. The van der Waals surface area contributed by atoms with Gasteiger partial charge in [0.1, 0.15) is 6.10 Å². The van der Waals surface area contributed by atoms with Gasteiger partial charge in [-0.3, -0.25) is 9.67 Å². The number of halogens is 1. The van der Waals surface area contributed by atoms with Crippen molar-refractivity contribution in [2.45, 2.75) is 26.0 Å². The van der Waals surface area contributed by atoms with Gasteiger partial charge >= 0.3 is 0 Å². The Morgan fingerprint density at radius 3 is 2.95 bits per heavy atom. The number of rotatable bonds is 4. The zero-order valence-corrected chi connectivity index (χ0v) is 11.7. The van der Waals surface area contributed by atoms with Crippen molar-refractivity contribution in [3.63, 3.8) is 0 Å². The van der Waals surface area contributed by atoms with Crippen molar-refractivity contribution < 1.29 is 5.11 Å². The van der Waals surface area contributed by atoms with Crippen LogP contribution < -0.4 is 0 Å². The number of aliphatic hydroxyl groups excluding tert-OH is 1. The molecule has 0 saturated heterocycles. The lowest BCUT2D eigenvalue weighted by Gasteiger charge is -2.12. The van der Waals surface area contributed by atoms with Gasteiger partial charge in [-0.1, -0.05) is 18.5 Å². The molecule has 0 amide bonds. The van der Waals surface area contributed by atoms with E-state index in [9.17, 15) is 5.11 Å². The van der Waals surface area contributed by atoms with E-state index < -0.39 is 6.10 Å². The fourth-order valence-corrected chi connectivity index (χ4v) is 2.49. The Bertz CT molecular complexity index is 735. The van der Waals surface area contributed by atoms with Crippen molar-refractivity contribution in [2.24, 2.45) is 0 Å². The molecule has 1 unspecified atom stereocenters. The standard InChI is InChI=1S/C13H14ClN5O/c1-2-4-19-12(10(14)7-17-19)13(20)9-6-16-18-5-3-15-8-11(9)18/h3,5-8,13,20H,2,4H2,1H3. The van der Waals surface area contributed by atoms with E-state index in [0.29, 0.717) is 22.8 Å². The highest BCUT2D eigenvalue weighted by Crippen LogP contribution is 2.30. The maximum atomic E-state index is 10.6. The molecule has 0 spiro atoms. The van der Waals surface area contributed by atoms with E-state index in [1.807, 2.05) is 6.92 Å². The highest BCUT2D eigenvalue weighted by atomic mass is 35.5. The van der Waals surface area contributed by atoms with Crippen LogP contribution in [0.15, 0.2) is 31.0 Å². The molecule has 0 radical (unpaired) electrons. The summed E-state index contributed by atoms with van der Waals surface area (Å²) in [6, 6.07) is 0. The minimum atomic E-state index is -0.877. The molecule has 3 aromatic rings. The molecule has 0 bridgehead atoms. The molecule has 0 aliphatic carbocycles. The zero-order chi connectivity index (χ0) is 14.1. The lowest BCUT2D eigenvalue weighted by molar-refractivity contribution is 0.209. The summed E-state index contributed by atoms with van der Waals surface area (Å²) in [6.45, 7) is 2.75. The molecule has 0 saturated carbocycles. The number of nitrogens with zero attached hydrogens (tertiary/aromatic N) is 5. The number of hydrogen-bond donors (Lipinski definition) is 1. The molecule has 1 atom stereocenters. The number of aryl methyl sites for hydroxylation is 1. The Hall–Kier alpha value is -1.92. The molecule has 20 heavy (non-hydrogen) atoms. The van der Waals surface area contributed by atoms with Gasteiger partial charge in [-0.05, 0) is 6.42 Å². The predicted octanol–water partition coefficient (Wildman–Crippen LogP) is 2.07. The summed E-state index contributed by atoms with van der Waals surface area (Å²) >= 11 is 6.16. The van der Waals surface area contributed by atoms with Crippen molar-refractivity contribution >= 4 is 17.1 Å². The van der Waals surface area contributed by atoms with Crippen LogP contribution in [-0.4, -0.2) is 29.5 Å². The first kappa shape index (κ1) is 13.1. The molecule has 0 aromatic carbocycles. The van der Waals surface area contributed by atoms with E-state index in [2.05, 4.69) is 15.2 Å². The molecule has 3 rings (SSSR count). The van der Waals surface area contributed by atoms with Gasteiger partial charge in [0, 0.05) is 24.5 Å². The first-order valence-electron chi connectivity index (χ1n) is 6.39. The van der Waals surface area contributed by atoms with Crippen LogP contribution in [0.2, 0.25) is 5.02 Å². The Morgan fingerprint density at radius 2 is 2.15 bits per heavy atom. The van der Waals surface area contributed by atoms with Crippen LogP contribution >= 0.6 is 11.6 Å². The van der Waals surface area contributed by atoms with E-state index in [1.165, 1.54) is 0 Å². The number of aromatic nitrogens is 5. The number of hydrogen-bond acceptors (Lipinski definition) is 4. The molecule has 3 aromatic heterocycles. The van der Waals surface area contributed by atoms with E-state index in [1.54, 1.807) is 40.2 Å². The minimum Gasteiger partial charge on any atom is -0.382 e. The van der Waals surface area contributed by atoms with E-state index >= 15 is 0 Å². The van der Waals surface area contributed by atoms with Crippen LogP contribution in [0.4, 0.5) is 0 Å². The zero-order valence-electron chi connectivity index (χ0n) is 10.9. The molecular formula is C13H14ClN5O. The highest BCUT2D eigenvalue weighted by Gasteiger charge is 2.22. The van der Waals surface area contributed by atoms with E-state index in [0.717, 1.165) is 11.9 Å². The SMILES string of the molecule is CCCn1ncc(Cl)c1C(O)c1cnn2ccncc12. The van der Waals surface area contributed by atoms with Crippen LogP contribution in [-0.2, 0) is 6.54 Å². The highest BCUT2D eigenvalue weighted by molar-refractivity contribution is 6.31. The molecule has 104 valence electrons. The van der Waals surface area contributed by atoms with E-state index in [-0.39, 0.29) is 0 Å². The Kier molecular flexibility index (Phi) is 3.42. The quantitative estimate of drug-likeness (QED) is 0.799. The summed E-state index contributed by atoms with van der Waals surface area (Å²) in [5.41, 5.74) is 2.01. The van der Waals surface area contributed by atoms with Gasteiger partial charge in [0.05, 0.1) is 34.8 Å². The molecule has 7 heteroatoms. The Balaban J connectivity index is 2.08. The summed E-state index contributed by atoms with van der Waals surface area (Å²) in [4.78, 5) is 4.06. The van der Waals surface area contributed by atoms with E-state index in [4.69, 9.17) is 11.6 Å². The monoisotopic (exact) mass is 291 g/mol. The first-order valence-corrected chi connectivity index (χ1v) is 6.76. The molecule has 0 aliphatic rings. The van der Waals surface area contributed by atoms with Gasteiger partial charge < -0.3 is 5.11 Å². The fourth-order valence-electron chi connectivity index (χ4n) is 2.24. The Labute approximate surface area is 120 Å². The van der Waals surface area contributed by atoms with Gasteiger partial charge in [0.25, 0.3) is 0 Å². The average molecular weight is 292 g/mol. The van der Waals surface area contributed by atoms with Crippen molar-refractivity contribution in [3.8, 4) is 0 Å². The van der Waals surface area contributed by atoms with Crippen LogP contribution in [0.5, 0.6) is 0 Å². The van der Waals surface area contributed by atoms with Gasteiger partial charge in [-0.25, -0.2) is 4.52 Å². The van der Waals surface area contributed by atoms with Gasteiger partial charge in [-0.2, -0.15) is 10.2 Å². The molecule has 0 fully saturated rings. The largest absolute Gasteiger partial charge is 0.382 e. The predicted molar refractivity (Wildman–Crippen MR) is 74.6 cm³/mol. The molecule has 1 N–H and O–H groups in total. The van der Waals surface area contributed by atoms with Crippen molar-refractivity contribution in [1.29, 1.82) is 0 Å². The second-order valence-corrected chi connectivity index (χ2v) is 4.92. The van der Waals surface area contributed by atoms with Gasteiger partial charge in [-0.15, -0.1) is 0 Å². The average Bonchev–Trinajstić information content (AvgIpc) is 3.03. The molecular weight excluding hydrogens is 278 g/mol. The second kappa shape index (κ2) is 5.22. The summed E-state index contributed by atoms with van der Waals surface area (Å²) in [7, 11) is 0. The number of aliphatic hydroxyl groups is 1. The minimum absolute atomic E-state index is 0.453. The maximum Gasteiger partial charge on any atom is 0.126 e. The lowest BCUT2D eigenvalue weighted by Crippen LogP contribution is -2.10. The first-order chi connectivity index (χ1) is 9.72. The summed E-state index contributed by atoms with van der Waals surface area (Å²) in [5.74, 6) is 0. The third-order valence-corrected chi connectivity index (χ3v) is 3.47. The van der Waals surface area contributed by atoms with Crippen molar-refractivity contribution in [3.05, 3.63) is 47.3 Å². The lowest BCUT2D eigenvalue weighted by atomic mass is 10.1. The third kappa shape index (κ3) is 2.07. The smallest absolute Gasteiger partial charge is 0.126 e. The molecule has 0 aliphatic heterocycles. The summed E-state index contributed by atoms with van der Waals surface area (Å²) < 4.78 is 3.40. The maximum absolute atomic E-state index is 10.6. The van der Waals surface area contributed by atoms with Gasteiger partial charge in [0.2, 0.25) is 0 Å². The normalized spacial score (nSPS) is 12.9. The second-order valence-electron chi connectivity index (χ2n) is 4.51. The van der Waals surface area contributed by atoms with Crippen LogP contribution in [0.25, 0.3) is 5.52 Å². The van der Waals surface area contributed by atoms with Crippen LogP contribution in [0, 0.1) is 0 Å².